The van der Waals surface area contributed by atoms with Crippen LogP contribution >= 0.6 is 0 Å². The summed E-state index contributed by atoms with van der Waals surface area (Å²) in [4.78, 5) is -0.885. The number of halogens is 3. The molecule has 0 bridgehead atoms. The lowest BCUT2D eigenvalue weighted by molar-refractivity contribution is -0.139. The lowest BCUT2D eigenvalue weighted by Gasteiger charge is -2.22. The summed E-state index contributed by atoms with van der Waals surface area (Å²) >= 11 is 0. The van der Waals surface area contributed by atoms with Crippen LogP contribution in [0.15, 0.2) is 29.2 Å². The summed E-state index contributed by atoms with van der Waals surface area (Å²) in [7, 11) is -4.45. The minimum Gasteiger partial charge on any atom is -0.386 e. The Morgan fingerprint density at radius 2 is 1.81 bits per heavy atom. The van der Waals surface area contributed by atoms with Gasteiger partial charge in [0.05, 0.1) is 16.5 Å². The maximum atomic E-state index is 12.9. The van der Waals surface area contributed by atoms with Crippen LogP contribution in [0.3, 0.4) is 0 Å². The van der Waals surface area contributed by atoms with Gasteiger partial charge in [0.2, 0.25) is 10.0 Å². The predicted octanol–water partition coefficient (Wildman–Crippen LogP) is 1.94. The summed E-state index contributed by atoms with van der Waals surface area (Å²) in [5, 5.41) is 7.33. The number of rotatable bonds is 5. The number of alkyl halides is 3. The van der Waals surface area contributed by atoms with Crippen molar-refractivity contribution in [3.8, 4) is 0 Å². The van der Waals surface area contributed by atoms with Crippen LogP contribution in [0.1, 0.15) is 19.4 Å². The third-order valence-corrected chi connectivity index (χ3v) is 4.27. The highest BCUT2D eigenvalue weighted by Gasteiger charge is 2.37. The Bertz CT molecular complexity index is 627. The molecule has 0 aliphatic heterocycles. The van der Waals surface area contributed by atoms with E-state index in [-0.39, 0.29) is 5.92 Å². The van der Waals surface area contributed by atoms with Gasteiger partial charge in [0.15, 0.2) is 0 Å². The van der Waals surface area contributed by atoms with E-state index in [0.717, 1.165) is 12.1 Å². The van der Waals surface area contributed by atoms with Crippen LogP contribution in [0, 0.1) is 11.3 Å². The third-order valence-electron chi connectivity index (χ3n) is 2.77. The molecule has 1 atom stereocenters. The van der Waals surface area contributed by atoms with Crippen LogP contribution in [0.4, 0.5) is 13.2 Å². The molecular formula is C12H16F3N3O2S. The molecule has 4 N–H and O–H groups in total. The molecule has 0 fully saturated rings. The van der Waals surface area contributed by atoms with Crippen molar-refractivity contribution < 1.29 is 21.6 Å². The first-order valence-electron chi connectivity index (χ1n) is 5.99. The van der Waals surface area contributed by atoms with E-state index >= 15 is 0 Å². The first-order chi connectivity index (χ1) is 9.47. The fourth-order valence-corrected chi connectivity index (χ4v) is 3.32. The fourth-order valence-electron chi connectivity index (χ4n) is 1.72. The van der Waals surface area contributed by atoms with Crippen molar-refractivity contribution in [3.63, 3.8) is 0 Å². The Labute approximate surface area is 120 Å². The van der Waals surface area contributed by atoms with E-state index in [1.54, 1.807) is 13.8 Å². The van der Waals surface area contributed by atoms with Gasteiger partial charge in [-0.3, -0.25) is 5.41 Å². The molecular weight excluding hydrogens is 307 g/mol. The molecule has 1 unspecified atom stereocenters. The van der Waals surface area contributed by atoms with Gasteiger partial charge in [-0.25, -0.2) is 13.1 Å². The van der Waals surface area contributed by atoms with E-state index in [9.17, 15) is 21.6 Å². The highest BCUT2D eigenvalue weighted by Crippen LogP contribution is 2.34. The van der Waals surface area contributed by atoms with Crippen LogP contribution in [0.5, 0.6) is 0 Å². The largest absolute Gasteiger partial charge is 0.417 e. The van der Waals surface area contributed by atoms with E-state index in [1.807, 2.05) is 4.72 Å². The molecule has 0 spiro atoms. The maximum Gasteiger partial charge on any atom is 0.417 e. The average molecular weight is 323 g/mol. The van der Waals surface area contributed by atoms with Crippen molar-refractivity contribution in [1.29, 1.82) is 5.41 Å². The molecule has 0 aliphatic carbocycles. The lowest BCUT2D eigenvalue weighted by Crippen LogP contribution is -2.47. The highest BCUT2D eigenvalue weighted by molar-refractivity contribution is 7.89. The SMILES string of the molecule is CC(C)C(NS(=O)(=O)c1ccccc1C(F)(F)F)C(=N)N. The second kappa shape index (κ2) is 6.02. The first-order valence-corrected chi connectivity index (χ1v) is 7.47. The Hall–Kier alpha value is -1.61. The number of hydrogen-bond donors (Lipinski definition) is 3. The number of sulfonamides is 1. The van der Waals surface area contributed by atoms with E-state index in [0.29, 0.717) is 6.07 Å². The van der Waals surface area contributed by atoms with Gasteiger partial charge < -0.3 is 5.73 Å². The van der Waals surface area contributed by atoms with Gasteiger partial charge in [-0.1, -0.05) is 26.0 Å². The number of nitrogens with two attached hydrogens (primary N) is 1. The number of nitrogens with one attached hydrogen (secondary N) is 2. The second-order valence-electron chi connectivity index (χ2n) is 4.79. The van der Waals surface area contributed by atoms with Crippen molar-refractivity contribution in [2.24, 2.45) is 11.7 Å². The van der Waals surface area contributed by atoms with Crippen LogP contribution in [0.25, 0.3) is 0 Å². The summed E-state index contributed by atoms with van der Waals surface area (Å²) in [5.41, 5.74) is 4.02. The van der Waals surface area contributed by atoms with Crippen LogP contribution in [-0.2, 0) is 16.2 Å². The van der Waals surface area contributed by atoms with Gasteiger partial charge in [0.25, 0.3) is 0 Å². The Kier molecular flexibility index (Phi) is 5.00. The standard InChI is InChI=1S/C12H16F3N3O2S/c1-7(2)10(11(16)17)18-21(19,20)9-6-4-3-5-8(9)12(13,14)15/h3-7,10,18H,1-2H3,(H3,16,17). The predicted molar refractivity (Wildman–Crippen MR) is 72.3 cm³/mol. The lowest BCUT2D eigenvalue weighted by atomic mass is 10.1. The molecule has 5 nitrogen and oxygen atoms in total. The van der Waals surface area contributed by atoms with Crippen molar-refractivity contribution in [1.82, 2.24) is 4.72 Å². The highest BCUT2D eigenvalue weighted by atomic mass is 32.2. The molecule has 1 rings (SSSR count). The molecule has 0 aromatic heterocycles. The van der Waals surface area contributed by atoms with Gasteiger partial charge in [-0.2, -0.15) is 13.2 Å². The molecule has 21 heavy (non-hydrogen) atoms. The minimum absolute atomic E-state index is 0.379. The average Bonchev–Trinajstić information content (AvgIpc) is 2.34. The van der Waals surface area contributed by atoms with E-state index in [1.165, 1.54) is 6.07 Å². The zero-order valence-electron chi connectivity index (χ0n) is 11.4. The van der Waals surface area contributed by atoms with Gasteiger partial charge in [0, 0.05) is 0 Å². The summed E-state index contributed by atoms with van der Waals surface area (Å²) in [5.74, 6) is -0.839. The Balaban J connectivity index is 3.30. The zero-order chi connectivity index (χ0) is 16.4. The van der Waals surface area contributed by atoms with E-state index in [4.69, 9.17) is 11.1 Å². The van der Waals surface area contributed by atoms with Crippen LogP contribution in [0.2, 0.25) is 0 Å². The molecule has 0 heterocycles. The summed E-state index contributed by atoms with van der Waals surface area (Å²) in [6.07, 6.45) is -4.80. The van der Waals surface area contributed by atoms with Gasteiger partial charge in [-0.05, 0) is 18.1 Å². The van der Waals surface area contributed by atoms with E-state index < -0.39 is 38.5 Å². The number of hydrogen-bond acceptors (Lipinski definition) is 3. The van der Waals surface area contributed by atoms with Gasteiger partial charge in [-0.15, -0.1) is 0 Å². The zero-order valence-corrected chi connectivity index (χ0v) is 12.2. The molecule has 1 aromatic rings. The number of amidine groups is 1. The Morgan fingerprint density at radius 1 is 1.29 bits per heavy atom. The molecule has 0 aliphatic rings. The summed E-state index contributed by atoms with van der Waals surface area (Å²) in [6.45, 7) is 3.20. The monoisotopic (exact) mass is 323 g/mol. The molecule has 0 radical (unpaired) electrons. The van der Waals surface area contributed by atoms with Crippen LogP contribution < -0.4 is 10.5 Å². The molecule has 118 valence electrons. The quantitative estimate of drug-likeness (QED) is 0.571. The van der Waals surface area contributed by atoms with Crippen molar-refractivity contribution in [3.05, 3.63) is 29.8 Å². The van der Waals surface area contributed by atoms with Gasteiger partial charge >= 0.3 is 6.18 Å². The topological polar surface area (TPSA) is 96.0 Å². The van der Waals surface area contributed by atoms with E-state index in [2.05, 4.69) is 0 Å². The molecule has 1 aromatic carbocycles. The first kappa shape index (κ1) is 17.4. The fraction of sp³-hybridized carbons (Fsp3) is 0.417. The molecule has 9 heteroatoms. The third kappa shape index (κ3) is 4.18. The molecule has 0 saturated heterocycles. The Morgan fingerprint density at radius 3 is 2.24 bits per heavy atom. The summed E-state index contributed by atoms with van der Waals surface area (Å²) < 4.78 is 65.0. The minimum atomic E-state index is -4.80. The summed E-state index contributed by atoms with van der Waals surface area (Å²) in [6, 6.07) is 2.78. The number of benzene rings is 1. The maximum absolute atomic E-state index is 12.9. The van der Waals surface area contributed by atoms with Crippen molar-refractivity contribution in [2.45, 2.75) is 31.0 Å². The molecule has 0 amide bonds. The molecule has 0 saturated carbocycles. The van der Waals surface area contributed by atoms with Crippen molar-refractivity contribution in [2.75, 3.05) is 0 Å². The normalized spacial score (nSPS) is 14.2. The second-order valence-corrected chi connectivity index (χ2v) is 6.47. The van der Waals surface area contributed by atoms with Crippen molar-refractivity contribution >= 4 is 15.9 Å². The van der Waals surface area contributed by atoms with Gasteiger partial charge in [0.1, 0.15) is 5.84 Å². The van der Waals surface area contributed by atoms with Crippen LogP contribution in [-0.4, -0.2) is 20.3 Å². The smallest absolute Gasteiger partial charge is 0.386 e.